The van der Waals surface area contributed by atoms with Gasteiger partial charge in [0.25, 0.3) is 0 Å². The molecule has 2 aliphatic heterocycles. The predicted molar refractivity (Wildman–Crippen MR) is 125 cm³/mol. The summed E-state index contributed by atoms with van der Waals surface area (Å²) in [5.41, 5.74) is 1.25. The van der Waals surface area contributed by atoms with Crippen molar-refractivity contribution >= 4 is 18.0 Å². The van der Waals surface area contributed by atoms with Crippen LogP contribution in [0.4, 0.5) is 14.0 Å². The fraction of sp³-hybridized carbons (Fsp3) is 0.542. The molecule has 2 heterocycles. The van der Waals surface area contributed by atoms with Crippen LogP contribution in [0.25, 0.3) is 0 Å². The van der Waals surface area contributed by atoms with Crippen LogP contribution in [-0.2, 0) is 9.53 Å². The van der Waals surface area contributed by atoms with Crippen molar-refractivity contribution in [2.45, 2.75) is 45.8 Å². The minimum Gasteiger partial charge on any atom is -0.463 e. The van der Waals surface area contributed by atoms with Crippen LogP contribution in [0.2, 0.25) is 0 Å². The van der Waals surface area contributed by atoms with Crippen molar-refractivity contribution in [2.75, 3.05) is 39.8 Å². The third-order valence-corrected chi connectivity index (χ3v) is 6.01. The van der Waals surface area contributed by atoms with Gasteiger partial charge < -0.3 is 20.3 Å². The minimum atomic E-state index is -0.830. The molecule has 2 atom stereocenters. The Morgan fingerprint density at radius 3 is 2.65 bits per heavy atom. The normalized spacial score (nSPS) is 21.6. The third-order valence-electron chi connectivity index (χ3n) is 6.01. The lowest BCUT2D eigenvalue weighted by atomic mass is 9.94. The van der Waals surface area contributed by atoms with Gasteiger partial charge >= 0.3 is 18.0 Å². The van der Waals surface area contributed by atoms with Gasteiger partial charge in [-0.05, 0) is 45.4 Å². The first-order valence-corrected chi connectivity index (χ1v) is 11.6. The molecule has 1 aromatic carbocycles. The number of esters is 1. The lowest BCUT2D eigenvalue weighted by molar-refractivity contribution is -0.139. The van der Waals surface area contributed by atoms with Crippen molar-refractivity contribution in [3.63, 3.8) is 0 Å². The third kappa shape index (κ3) is 5.67. The number of hydrogen-bond donors (Lipinski definition) is 2. The van der Waals surface area contributed by atoms with Crippen LogP contribution in [0, 0.1) is 5.82 Å². The molecule has 10 heteroatoms. The second-order valence-electron chi connectivity index (χ2n) is 8.96. The Morgan fingerprint density at radius 2 is 2.03 bits per heavy atom. The van der Waals surface area contributed by atoms with Gasteiger partial charge in [-0.3, -0.25) is 9.80 Å². The van der Waals surface area contributed by atoms with Crippen molar-refractivity contribution in [2.24, 2.45) is 0 Å². The molecule has 1 fully saturated rings. The number of carbonyl (C=O) groups excluding carboxylic acids is 3. The quantitative estimate of drug-likeness (QED) is 0.617. The first-order chi connectivity index (χ1) is 16.1. The van der Waals surface area contributed by atoms with Gasteiger partial charge in [0.05, 0.1) is 18.2 Å². The highest BCUT2D eigenvalue weighted by Crippen LogP contribution is 2.32. The van der Waals surface area contributed by atoms with E-state index in [9.17, 15) is 18.8 Å². The van der Waals surface area contributed by atoms with E-state index in [0.717, 1.165) is 0 Å². The summed E-state index contributed by atoms with van der Waals surface area (Å²) in [4.78, 5) is 43.6. The Kier molecular flexibility index (Phi) is 8.14. The van der Waals surface area contributed by atoms with E-state index in [1.165, 1.54) is 17.0 Å². The summed E-state index contributed by atoms with van der Waals surface area (Å²) in [7, 11) is 1.60. The molecule has 1 saturated heterocycles. The van der Waals surface area contributed by atoms with E-state index >= 15 is 0 Å². The summed E-state index contributed by atoms with van der Waals surface area (Å²) in [6, 6.07) is 4.50. The number of rotatable bonds is 6. The first-order valence-electron chi connectivity index (χ1n) is 11.6. The maximum Gasteiger partial charge on any atom is 0.338 e. The summed E-state index contributed by atoms with van der Waals surface area (Å²) in [5.74, 6) is -1.01. The number of hydrogen-bond acceptors (Lipinski definition) is 5. The molecule has 3 rings (SSSR count). The van der Waals surface area contributed by atoms with Gasteiger partial charge in [-0.1, -0.05) is 12.1 Å². The fourth-order valence-corrected chi connectivity index (χ4v) is 4.35. The molecule has 2 N–H and O–H groups in total. The summed E-state index contributed by atoms with van der Waals surface area (Å²) in [6.07, 6.45) is 0. The van der Waals surface area contributed by atoms with Crippen molar-refractivity contribution in [3.8, 4) is 0 Å². The maximum atomic E-state index is 14.0. The van der Waals surface area contributed by atoms with E-state index in [4.69, 9.17) is 4.74 Å². The number of benzene rings is 1. The van der Waals surface area contributed by atoms with Crippen LogP contribution in [0.15, 0.2) is 35.5 Å². The number of nitrogens with one attached hydrogen (secondary N) is 2. The highest BCUT2D eigenvalue weighted by atomic mass is 19.1. The summed E-state index contributed by atoms with van der Waals surface area (Å²) >= 11 is 0. The molecule has 0 spiro atoms. The zero-order chi connectivity index (χ0) is 25.0. The molecule has 0 radical (unpaired) electrons. The van der Waals surface area contributed by atoms with Crippen LogP contribution in [0.5, 0.6) is 0 Å². The Morgan fingerprint density at radius 1 is 1.29 bits per heavy atom. The number of urea groups is 2. The molecule has 0 saturated carbocycles. The van der Waals surface area contributed by atoms with Gasteiger partial charge in [0.1, 0.15) is 5.82 Å². The van der Waals surface area contributed by atoms with Crippen LogP contribution in [-0.4, -0.2) is 84.6 Å². The largest absolute Gasteiger partial charge is 0.463 e. The lowest BCUT2D eigenvalue weighted by Crippen LogP contribution is -2.58. The van der Waals surface area contributed by atoms with Gasteiger partial charge in [-0.25, -0.2) is 18.8 Å². The first kappa shape index (κ1) is 25.5. The number of amides is 4. The summed E-state index contributed by atoms with van der Waals surface area (Å²) in [5, 5.41) is 5.72. The Hall–Kier alpha value is -3.14. The Labute approximate surface area is 199 Å². The number of carbonyl (C=O) groups is 3. The number of nitrogens with zero attached hydrogens (tertiary/aromatic N) is 3. The van der Waals surface area contributed by atoms with E-state index < -0.39 is 17.8 Å². The molecule has 0 aliphatic carbocycles. The average molecular weight is 476 g/mol. The van der Waals surface area contributed by atoms with Crippen LogP contribution < -0.4 is 10.6 Å². The Bertz CT molecular complexity index is 966. The number of piperazine rings is 1. The van der Waals surface area contributed by atoms with E-state index in [-0.39, 0.29) is 36.3 Å². The predicted octanol–water partition coefficient (Wildman–Crippen LogP) is 2.46. The maximum absolute atomic E-state index is 14.0. The molecule has 0 bridgehead atoms. The summed E-state index contributed by atoms with van der Waals surface area (Å²) < 4.78 is 19.3. The molecule has 9 nitrogen and oxygen atoms in total. The monoisotopic (exact) mass is 475 g/mol. The van der Waals surface area contributed by atoms with E-state index in [2.05, 4.69) is 15.5 Å². The van der Waals surface area contributed by atoms with Crippen LogP contribution >= 0.6 is 0 Å². The van der Waals surface area contributed by atoms with Crippen molar-refractivity contribution in [1.82, 2.24) is 25.3 Å². The smallest absolute Gasteiger partial charge is 0.338 e. The molecule has 2 aliphatic rings. The average Bonchev–Trinajstić information content (AvgIpc) is 2.76. The van der Waals surface area contributed by atoms with E-state index in [0.29, 0.717) is 37.4 Å². The molecule has 34 heavy (non-hydrogen) atoms. The Balaban J connectivity index is 1.90. The van der Waals surface area contributed by atoms with Gasteiger partial charge in [0.15, 0.2) is 0 Å². The van der Waals surface area contributed by atoms with Gasteiger partial charge in [-0.2, -0.15) is 0 Å². The minimum absolute atomic E-state index is 0.0455. The highest BCUT2D eigenvalue weighted by molar-refractivity contribution is 5.95. The van der Waals surface area contributed by atoms with Crippen molar-refractivity contribution in [1.29, 1.82) is 0 Å². The molecule has 186 valence electrons. The topological polar surface area (TPSA) is 94.2 Å². The SMILES string of the molecule is CCOC(=O)C1=C(CN2CCN(C(=O)NC(C)C)[C@H](C)C2)N(C)C(=O)N[C@@H]1c1cccc(F)c1. The zero-order valence-electron chi connectivity index (χ0n) is 20.4. The van der Waals surface area contributed by atoms with Crippen molar-refractivity contribution in [3.05, 3.63) is 46.9 Å². The van der Waals surface area contributed by atoms with Crippen LogP contribution in [0.1, 0.15) is 39.3 Å². The standard InChI is InChI=1S/C24H34FN5O4/c1-6-34-22(31)20-19(14-29-10-11-30(16(4)13-29)24(33)26-15(2)3)28(5)23(32)27-21(20)17-8-7-9-18(25)12-17/h7-9,12,15-16,21H,6,10-11,13-14H2,1-5H3,(H,26,33)(H,27,32)/t16-,21-/m1/s1. The second-order valence-corrected chi connectivity index (χ2v) is 8.96. The van der Waals surface area contributed by atoms with E-state index in [1.807, 2.05) is 20.8 Å². The second kappa shape index (κ2) is 10.9. The number of halogens is 1. The van der Waals surface area contributed by atoms with Gasteiger partial charge in [0.2, 0.25) is 0 Å². The lowest BCUT2D eigenvalue weighted by Gasteiger charge is -2.42. The van der Waals surface area contributed by atoms with E-state index in [1.54, 1.807) is 31.0 Å². The summed E-state index contributed by atoms with van der Waals surface area (Å²) in [6.45, 7) is 9.68. The molecule has 1 aromatic rings. The van der Waals surface area contributed by atoms with Gasteiger partial charge in [0, 0.05) is 51.0 Å². The molecular formula is C24H34FN5O4. The molecular weight excluding hydrogens is 441 g/mol. The van der Waals surface area contributed by atoms with Crippen molar-refractivity contribution < 1.29 is 23.5 Å². The molecule has 0 aromatic heterocycles. The molecule has 0 unspecified atom stereocenters. The zero-order valence-corrected chi connectivity index (χ0v) is 20.4. The van der Waals surface area contributed by atoms with Gasteiger partial charge in [-0.15, -0.1) is 0 Å². The fourth-order valence-electron chi connectivity index (χ4n) is 4.35. The van der Waals surface area contributed by atoms with Crippen LogP contribution in [0.3, 0.4) is 0 Å². The highest BCUT2D eigenvalue weighted by Gasteiger charge is 2.38. The number of likely N-dealkylation sites (N-methyl/N-ethyl adjacent to an activating group) is 1. The number of ether oxygens (including phenoxy) is 1. The molecule has 4 amide bonds.